The topological polar surface area (TPSA) is 82.3 Å². The zero-order chi connectivity index (χ0) is 14.2. The van der Waals surface area contributed by atoms with Crippen LogP contribution in [0.4, 0.5) is 11.5 Å². The second kappa shape index (κ2) is 7.89. The highest BCUT2D eigenvalue weighted by Gasteiger charge is 2.18. The largest absolute Gasteiger partial charge is 0.473 e. The molecule has 1 aliphatic carbocycles. The van der Waals surface area contributed by atoms with Crippen molar-refractivity contribution in [3.8, 4) is 5.88 Å². The molecule has 0 bridgehead atoms. The van der Waals surface area contributed by atoms with E-state index in [1.807, 2.05) is 0 Å². The number of methoxy groups -OCH3 is 1. The van der Waals surface area contributed by atoms with E-state index in [1.165, 1.54) is 25.6 Å². The summed E-state index contributed by atoms with van der Waals surface area (Å²) in [5.41, 5.74) is 6.57. The minimum atomic E-state index is 0.238. The summed E-state index contributed by atoms with van der Waals surface area (Å²) in [6, 6.07) is 0. The van der Waals surface area contributed by atoms with Gasteiger partial charge in [0.1, 0.15) is 18.1 Å². The van der Waals surface area contributed by atoms with E-state index < -0.39 is 0 Å². The van der Waals surface area contributed by atoms with Crippen molar-refractivity contribution in [3.63, 3.8) is 0 Å². The van der Waals surface area contributed by atoms with E-state index in [2.05, 4.69) is 15.3 Å². The predicted octanol–water partition coefficient (Wildman–Crippen LogP) is 2.22. The molecule has 0 unspecified atom stereocenters. The summed E-state index contributed by atoms with van der Waals surface area (Å²) in [4.78, 5) is 8.32. The Labute approximate surface area is 120 Å². The normalized spacial score (nSPS) is 16.1. The molecule has 0 spiro atoms. The van der Waals surface area contributed by atoms with Crippen molar-refractivity contribution in [2.24, 2.45) is 0 Å². The number of nitrogen functional groups attached to an aromatic ring is 1. The molecule has 20 heavy (non-hydrogen) atoms. The summed E-state index contributed by atoms with van der Waals surface area (Å²) in [6.07, 6.45) is 8.54. The van der Waals surface area contributed by atoms with Crippen molar-refractivity contribution >= 4 is 11.5 Å². The molecule has 0 amide bonds. The molecular formula is C14H24N4O2. The molecule has 0 radical (unpaired) electrons. The highest BCUT2D eigenvalue weighted by atomic mass is 16.5. The summed E-state index contributed by atoms with van der Waals surface area (Å²) in [6.45, 7) is 1.47. The maximum Gasteiger partial charge on any atom is 0.242 e. The molecule has 2 rings (SSSR count). The highest BCUT2D eigenvalue weighted by molar-refractivity contribution is 5.66. The van der Waals surface area contributed by atoms with Gasteiger partial charge in [-0.25, -0.2) is 4.98 Å². The number of nitrogens with one attached hydrogen (secondary N) is 1. The van der Waals surface area contributed by atoms with Gasteiger partial charge in [0.25, 0.3) is 0 Å². The van der Waals surface area contributed by atoms with Crippen LogP contribution < -0.4 is 15.8 Å². The predicted molar refractivity (Wildman–Crippen MR) is 78.9 cm³/mol. The molecule has 1 heterocycles. The number of ether oxygens (including phenoxy) is 2. The van der Waals surface area contributed by atoms with Crippen LogP contribution in [-0.2, 0) is 4.74 Å². The van der Waals surface area contributed by atoms with Crippen LogP contribution in [0.3, 0.4) is 0 Å². The summed E-state index contributed by atoms with van der Waals surface area (Å²) >= 11 is 0. The van der Waals surface area contributed by atoms with E-state index in [0.717, 1.165) is 25.8 Å². The average Bonchev–Trinajstić information content (AvgIpc) is 2.48. The van der Waals surface area contributed by atoms with Gasteiger partial charge in [-0.05, 0) is 32.1 Å². The summed E-state index contributed by atoms with van der Waals surface area (Å²) in [5, 5.41) is 3.19. The van der Waals surface area contributed by atoms with Crippen molar-refractivity contribution in [3.05, 3.63) is 6.33 Å². The van der Waals surface area contributed by atoms with E-state index >= 15 is 0 Å². The minimum absolute atomic E-state index is 0.238. The Morgan fingerprint density at radius 1 is 1.30 bits per heavy atom. The fourth-order valence-electron chi connectivity index (χ4n) is 2.38. The number of hydrogen-bond donors (Lipinski definition) is 2. The third kappa shape index (κ3) is 4.23. The molecule has 6 heteroatoms. The zero-order valence-electron chi connectivity index (χ0n) is 12.1. The van der Waals surface area contributed by atoms with Gasteiger partial charge in [-0.1, -0.05) is 6.42 Å². The first-order chi connectivity index (χ1) is 9.81. The van der Waals surface area contributed by atoms with Gasteiger partial charge >= 0.3 is 0 Å². The van der Waals surface area contributed by atoms with Crippen molar-refractivity contribution < 1.29 is 9.47 Å². The minimum Gasteiger partial charge on any atom is -0.473 e. The summed E-state index contributed by atoms with van der Waals surface area (Å²) < 4.78 is 10.9. The monoisotopic (exact) mass is 280 g/mol. The molecular weight excluding hydrogens is 256 g/mol. The number of nitrogens with zero attached hydrogens (tertiary/aromatic N) is 2. The van der Waals surface area contributed by atoms with Crippen LogP contribution >= 0.6 is 0 Å². The Hall–Kier alpha value is -1.56. The summed E-state index contributed by atoms with van der Waals surface area (Å²) in [7, 11) is 1.69. The van der Waals surface area contributed by atoms with E-state index in [4.69, 9.17) is 15.2 Å². The number of anilines is 2. The maximum atomic E-state index is 6.07. The Morgan fingerprint density at radius 3 is 2.85 bits per heavy atom. The number of nitrogens with two attached hydrogens (primary N) is 1. The van der Waals surface area contributed by atoms with Gasteiger partial charge in [-0.2, -0.15) is 4.98 Å². The second-order valence-corrected chi connectivity index (χ2v) is 5.09. The Balaban J connectivity index is 1.91. The van der Waals surface area contributed by atoms with Crippen LogP contribution in [0.15, 0.2) is 6.33 Å². The summed E-state index contributed by atoms with van der Waals surface area (Å²) in [5.74, 6) is 1.14. The van der Waals surface area contributed by atoms with Crippen LogP contribution in [0.25, 0.3) is 0 Å². The highest BCUT2D eigenvalue weighted by Crippen LogP contribution is 2.28. The molecule has 1 saturated carbocycles. The molecule has 0 atom stereocenters. The first-order valence-corrected chi connectivity index (χ1v) is 7.31. The van der Waals surface area contributed by atoms with E-state index in [9.17, 15) is 0 Å². The molecule has 0 aromatic carbocycles. The molecule has 6 nitrogen and oxygen atoms in total. The van der Waals surface area contributed by atoms with Crippen molar-refractivity contribution in [2.75, 3.05) is 31.3 Å². The van der Waals surface area contributed by atoms with Crippen molar-refractivity contribution in [1.29, 1.82) is 0 Å². The van der Waals surface area contributed by atoms with E-state index in [-0.39, 0.29) is 6.10 Å². The van der Waals surface area contributed by atoms with Crippen LogP contribution in [0.5, 0.6) is 5.88 Å². The van der Waals surface area contributed by atoms with Crippen LogP contribution in [0, 0.1) is 0 Å². The Morgan fingerprint density at radius 2 is 2.10 bits per heavy atom. The molecule has 1 aliphatic rings. The van der Waals surface area contributed by atoms with Gasteiger partial charge in [-0.15, -0.1) is 0 Å². The van der Waals surface area contributed by atoms with Gasteiger partial charge < -0.3 is 20.5 Å². The second-order valence-electron chi connectivity index (χ2n) is 5.09. The lowest BCUT2D eigenvalue weighted by Gasteiger charge is -2.23. The van der Waals surface area contributed by atoms with Gasteiger partial charge in [0.15, 0.2) is 5.82 Å². The first kappa shape index (κ1) is 14.8. The van der Waals surface area contributed by atoms with Gasteiger partial charge in [0.05, 0.1) is 0 Å². The fraction of sp³-hybridized carbons (Fsp3) is 0.714. The van der Waals surface area contributed by atoms with Gasteiger partial charge in [-0.3, -0.25) is 0 Å². The molecule has 0 saturated heterocycles. The lowest BCUT2D eigenvalue weighted by atomic mass is 9.98. The Bertz CT molecular complexity index is 408. The SMILES string of the molecule is COCCCNc1ncnc(OC2CCCCC2)c1N. The standard InChI is InChI=1S/C14H24N4O2/c1-19-9-5-8-16-13-12(15)14(18-10-17-13)20-11-6-3-2-4-7-11/h10-11H,2-9,15H2,1H3,(H,16,17,18). The first-order valence-electron chi connectivity index (χ1n) is 7.31. The van der Waals surface area contributed by atoms with Gasteiger partial charge in [0, 0.05) is 20.3 Å². The molecule has 1 aromatic rings. The number of aromatic nitrogens is 2. The third-order valence-electron chi connectivity index (χ3n) is 3.50. The molecule has 1 fully saturated rings. The molecule has 0 aliphatic heterocycles. The number of hydrogen-bond acceptors (Lipinski definition) is 6. The fourth-order valence-corrected chi connectivity index (χ4v) is 2.38. The van der Waals surface area contributed by atoms with Crippen LogP contribution in [0.2, 0.25) is 0 Å². The average molecular weight is 280 g/mol. The van der Waals surface area contributed by atoms with E-state index in [1.54, 1.807) is 7.11 Å². The third-order valence-corrected chi connectivity index (χ3v) is 3.50. The van der Waals surface area contributed by atoms with Crippen LogP contribution in [0.1, 0.15) is 38.5 Å². The van der Waals surface area contributed by atoms with Crippen molar-refractivity contribution in [2.45, 2.75) is 44.6 Å². The quantitative estimate of drug-likeness (QED) is 0.745. The zero-order valence-corrected chi connectivity index (χ0v) is 12.1. The lowest BCUT2D eigenvalue weighted by molar-refractivity contribution is 0.149. The molecule has 112 valence electrons. The van der Waals surface area contributed by atoms with E-state index in [0.29, 0.717) is 24.0 Å². The number of rotatable bonds is 7. The Kier molecular flexibility index (Phi) is 5.86. The van der Waals surface area contributed by atoms with Crippen LogP contribution in [-0.4, -0.2) is 36.3 Å². The molecule has 3 N–H and O–H groups in total. The smallest absolute Gasteiger partial charge is 0.242 e. The van der Waals surface area contributed by atoms with Crippen molar-refractivity contribution in [1.82, 2.24) is 9.97 Å². The lowest BCUT2D eigenvalue weighted by Crippen LogP contribution is -2.21. The van der Waals surface area contributed by atoms with Gasteiger partial charge in [0.2, 0.25) is 5.88 Å². The maximum absolute atomic E-state index is 6.07. The molecule has 1 aromatic heterocycles.